The van der Waals surface area contributed by atoms with E-state index in [0.29, 0.717) is 27.6 Å². The number of anilines is 1. The van der Waals surface area contributed by atoms with Crippen molar-refractivity contribution in [3.8, 4) is 0 Å². The number of carbonyl (C=O) groups excluding carboxylic acids is 2. The quantitative estimate of drug-likeness (QED) is 0.332. The molecule has 3 aromatic carbocycles. The number of nitrogens with one attached hydrogen (secondary N) is 1. The maximum atomic E-state index is 13.9. The minimum atomic E-state index is -0.970. The molecule has 180 valence electrons. The summed E-state index contributed by atoms with van der Waals surface area (Å²) in [5, 5.41) is 11.6. The summed E-state index contributed by atoms with van der Waals surface area (Å²) in [5.41, 5.74) is 2.52. The Morgan fingerprint density at radius 3 is 2.56 bits per heavy atom. The first-order chi connectivity index (χ1) is 17.6. The number of hydrogen-bond donors (Lipinski definition) is 1. The highest BCUT2D eigenvalue weighted by Gasteiger charge is 2.33. The molecule has 0 bridgehead atoms. The summed E-state index contributed by atoms with van der Waals surface area (Å²) < 4.78 is 6.88. The highest BCUT2D eigenvalue weighted by molar-refractivity contribution is 6.31. The van der Waals surface area contributed by atoms with E-state index in [0.717, 1.165) is 5.52 Å². The third-order valence-corrected chi connectivity index (χ3v) is 5.93. The lowest BCUT2D eigenvalue weighted by Crippen LogP contribution is -2.45. The second-order valence-corrected chi connectivity index (χ2v) is 8.53. The highest BCUT2D eigenvalue weighted by Crippen LogP contribution is 2.30. The summed E-state index contributed by atoms with van der Waals surface area (Å²) >= 11 is 6.29. The lowest BCUT2D eigenvalue weighted by atomic mass is 10.0. The molecule has 0 aliphatic carbocycles. The number of benzene rings is 3. The highest BCUT2D eigenvalue weighted by atomic mass is 35.5. The third kappa shape index (κ3) is 4.99. The number of rotatable bonds is 8. The van der Waals surface area contributed by atoms with Crippen molar-refractivity contribution in [3.63, 3.8) is 0 Å². The third-order valence-electron chi connectivity index (χ3n) is 5.70. The molecular weight excluding hydrogens is 478 g/mol. The molecule has 9 heteroatoms. The van der Waals surface area contributed by atoms with Gasteiger partial charge in [-0.2, -0.15) is 0 Å². The number of carbonyl (C=O) groups is 2. The van der Waals surface area contributed by atoms with E-state index < -0.39 is 6.04 Å². The summed E-state index contributed by atoms with van der Waals surface area (Å²) in [5.74, 6) is -0.117. The predicted molar refractivity (Wildman–Crippen MR) is 136 cm³/mol. The van der Waals surface area contributed by atoms with E-state index in [1.54, 1.807) is 42.7 Å². The van der Waals surface area contributed by atoms with Crippen LogP contribution in [0.2, 0.25) is 5.02 Å². The van der Waals surface area contributed by atoms with Crippen molar-refractivity contribution in [2.75, 3.05) is 4.90 Å². The smallest absolute Gasteiger partial charge is 0.249 e. The molecule has 36 heavy (non-hydrogen) atoms. The molecular formula is C27H22ClN5O3. The maximum Gasteiger partial charge on any atom is 0.249 e. The van der Waals surface area contributed by atoms with Crippen LogP contribution in [0.4, 0.5) is 5.69 Å². The number of aromatic nitrogens is 3. The van der Waals surface area contributed by atoms with Crippen LogP contribution in [-0.4, -0.2) is 26.8 Å². The molecule has 8 nitrogen and oxygen atoms in total. The fourth-order valence-electron chi connectivity index (χ4n) is 4.04. The van der Waals surface area contributed by atoms with Crippen molar-refractivity contribution in [2.45, 2.75) is 19.1 Å². The molecule has 0 radical (unpaired) electrons. The average Bonchev–Trinajstić information content (AvgIpc) is 3.56. The van der Waals surface area contributed by atoms with Crippen molar-refractivity contribution in [3.05, 3.63) is 114 Å². The van der Waals surface area contributed by atoms with Crippen LogP contribution in [0.15, 0.2) is 102 Å². The van der Waals surface area contributed by atoms with Crippen LogP contribution in [0.25, 0.3) is 11.0 Å². The molecule has 2 aromatic heterocycles. The van der Waals surface area contributed by atoms with Crippen molar-refractivity contribution in [2.24, 2.45) is 0 Å². The zero-order chi connectivity index (χ0) is 24.9. The van der Waals surface area contributed by atoms with Gasteiger partial charge >= 0.3 is 0 Å². The minimum Gasteiger partial charge on any atom is -0.467 e. The van der Waals surface area contributed by atoms with Crippen molar-refractivity contribution in [1.82, 2.24) is 20.3 Å². The fraction of sp³-hybridized carbons (Fsp3) is 0.111. The van der Waals surface area contributed by atoms with E-state index in [4.69, 9.17) is 16.0 Å². The van der Waals surface area contributed by atoms with E-state index >= 15 is 0 Å². The van der Waals surface area contributed by atoms with Gasteiger partial charge < -0.3 is 9.73 Å². The van der Waals surface area contributed by atoms with Crippen LogP contribution in [0.3, 0.4) is 0 Å². The zero-order valence-corrected chi connectivity index (χ0v) is 19.9. The molecule has 2 heterocycles. The predicted octanol–water partition coefficient (Wildman–Crippen LogP) is 4.77. The normalized spacial score (nSPS) is 11.8. The first kappa shape index (κ1) is 23.3. The van der Waals surface area contributed by atoms with Gasteiger partial charge in [0.25, 0.3) is 0 Å². The minimum absolute atomic E-state index is 0.123. The van der Waals surface area contributed by atoms with Gasteiger partial charge in [-0.05, 0) is 48.0 Å². The van der Waals surface area contributed by atoms with Crippen LogP contribution in [-0.2, 0) is 22.7 Å². The molecule has 0 saturated carbocycles. The first-order valence-electron chi connectivity index (χ1n) is 11.3. The molecule has 0 aliphatic heterocycles. The Balaban J connectivity index is 1.54. The number of amides is 2. The lowest BCUT2D eigenvalue weighted by molar-refractivity contribution is -0.127. The van der Waals surface area contributed by atoms with Crippen LogP contribution in [0.5, 0.6) is 0 Å². The van der Waals surface area contributed by atoms with Gasteiger partial charge in [0.05, 0.1) is 18.3 Å². The van der Waals surface area contributed by atoms with Gasteiger partial charge in [0, 0.05) is 10.7 Å². The molecule has 2 amide bonds. The Morgan fingerprint density at radius 2 is 1.78 bits per heavy atom. The van der Waals surface area contributed by atoms with Crippen LogP contribution < -0.4 is 10.2 Å². The number of furan rings is 1. The molecule has 0 saturated heterocycles. The largest absolute Gasteiger partial charge is 0.467 e. The number of fused-ring (bicyclic) bond motifs is 1. The van der Waals surface area contributed by atoms with Gasteiger partial charge in [-0.15, -0.1) is 5.10 Å². The Labute approximate surface area is 212 Å². The van der Waals surface area contributed by atoms with E-state index in [-0.39, 0.29) is 24.9 Å². The number of hydrogen-bond acceptors (Lipinski definition) is 5. The zero-order valence-electron chi connectivity index (χ0n) is 19.1. The Hall–Kier alpha value is -4.43. The van der Waals surface area contributed by atoms with Gasteiger partial charge in [-0.1, -0.05) is 65.3 Å². The van der Waals surface area contributed by atoms with E-state index in [9.17, 15) is 9.59 Å². The molecule has 5 aromatic rings. The van der Waals surface area contributed by atoms with Crippen LogP contribution in [0.1, 0.15) is 17.4 Å². The summed E-state index contributed by atoms with van der Waals surface area (Å²) in [6, 6.07) is 25.9. The van der Waals surface area contributed by atoms with Gasteiger partial charge in [-0.3, -0.25) is 14.5 Å². The van der Waals surface area contributed by atoms with Gasteiger partial charge in [0.2, 0.25) is 11.8 Å². The van der Waals surface area contributed by atoms with Crippen molar-refractivity contribution < 1.29 is 14.0 Å². The summed E-state index contributed by atoms with van der Waals surface area (Å²) in [4.78, 5) is 29.0. The summed E-state index contributed by atoms with van der Waals surface area (Å²) in [7, 11) is 0. The summed E-state index contributed by atoms with van der Waals surface area (Å²) in [6.45, 7) is 0.0578. The molecule has 5 rings (SSSR count). The Bertz CT molecular complexity index is 1480. The van der Waals surface area contributed by atoms with Crippen LogP contribution >= 0.6 is 11.6 Å². The lowest BCUT2D eigenvalue weighted by Gasteiger charge is -2.31. The van der Waals surface area contributed by atoms with E-state index in [1.807, 2.05) is 54.6 Å². The van der Waals surface area contributed by atoms with Crippen molar-refractivity contribution >= 4 is 40.1 Å². The first-order valence-corrected chi connectivity index (χ1v) is 11.7. The second-order valence-electron chi connectivity index (χ2n) is 8.09. The van der Waals surface area contributed by atoms with Gasteiger partial charge in [-0.25, -0.2) is 4.68 Å². The van der Waals surface area contributed by atoms with Crippen molar-refractivity contribution in [1.29, 1.82) is 0 Å². The second kappa shape index (κ2) is 10.5. The van der Waals surface area contributed by atoms with Gasteiger partial charge in [0.1, 0.15) is 23.9 Å². The number of para-hydroxylation sites is 1. The standard InChI is InChI=1S/C27H22ClN5O3/c28-20-10-6-11-21(16-20)33(25(34)18-32-24-14-5-4-13-23(24)30-31-32)26(19-8-2-1-3-9-19)27(35)29-17-22-12-7-15-36-22/h1-16,26H,17-18H2,(H,29,35). The fourth-order valence-corrected chi connectivity index (χ4v) is 4.22. The number of halogens is 1. The molecule has 0 aliphatic rings. The Kier molecular flexibility index (Phi) is 6.77. The van der Waals surface area contributed by atoms with E-state index in [2.05, 4.69) is 15.6 Å². The van der Waals surface area contributed by atoms with E-state index in [1.165, 1.54) is 9.58 Å². The SMILES string of the molecule is O=C(NCc1ccco1)C(c1ccccc1)N(C(=O)Cn1nnc2ccccc21)c1cccc(Cl)c1. The molecule has 1 unspecified atom stereocenters. The molecule has 0 spiro atoms. The Morgan fingerprint density at radius 1 is 0.972 bits per heavy atom. The molecule has 0 fully saturated rings. The maximum absolute atomic E-state index is 13.9. The number of nitrogens with zero attached hydrogens (tertiary/aromatic N) is 4. The molecule has 1 atom stereocenters. The monoisotopic (exact) mass is 499 g/mol. The average molecular weight is 500 g/mol. The van der Waals surface area contributed by atoms with Crippen LogP contribution in [0, 0.1) is 0 Å². The van der Waals surface area contributed by atoms with Gasteiger partial charge in [0.15, 0.2) is 0 Å². The molecule has 1 N–H and O–H groups in total. The topological polar surface area (TPSA) is 93.3 Å². The summed E-state index contributed by atoms with van der Waals surface area (Å²) in [6.07, 6.45) is 1.54.